The number of aliphatic hydroxyl groups excluding tert-OH is 1. The molecule has 0 unspecified atom stereocenters. The standard InChI is InChI=1S/C16H23N5O2S/c22-6-5-17-15(23)11-21-10-13(7-20-21)18-8-14-9-19-16(24-14)12-3-1-2-4-12/h7,9-10,12,18,22H,1-6,8,11H2,(H,17,23). The molecule has 7 nitrogen and oxygen atoms in total. The molecule has 2 aromatic heterocycles. The fraction of sp³-hybridized carbons (Fsp3) is 0.562. The number of rotatable bonds is 8. The second-order valence-corrected chi connectivity index (χ2v) is 7.15. The first-order chi connectivity index (χ1) is 11.7. The predicted octanol–water partition coefficient (Wildman–Crippen LogP) is 1.72. The molecular formula is C16H23N5O2S. The maximum absolute atomic E-state index is 11.6. The molecule has 0 saturated heterocycles. The van der Waals surface area contributed by atoms with Crippen molar-refractivity contribution in [3.63, 3.8) is 0 Å². The van der Waals surface area contributed by atoms with E-state index in [2.05, 4.69) is 20.7 Å². The van der Waals surface area contributed by atoms with E-state index < -0.39 is 0 Å². The van der Waals surface area contributed by atoms with Gasteiger partial charge in [-0.05, 0) is 12.8 Å². The Morgan fingerprint density at radius 1 is 1.38 bits per heavy atom. The average Bonchev–Trinajstić information content (AvgIpc) is 3.31. The fourth-order valence-electron chi connectivity index (χ4n) is 2.89. The Morgan fingerprint density at radius 3 is 3.00 bits per heavy atom. The second-order valence-electron chi connectivity index (χ2n) is 6.00. The van der Waals surface area contributed by atoms with Crippen LogP contribution in [-0.4, -0.2) is 38.9 Å². The topological polar surface area (TPSA) is 92.1 Å². The van der Waals surface area contributed by atoms with Gasteiger partial charge in [0.25, 0.3) is 0 Å². The first kappa shape index (κ1) is 16.9. The van der Waals surface area contributed by atoms with Gasteiger partial charge in [0.05, 0.1) is 30.0 Å². The molecule has 1 aliphatic carbocycles. The Hall–Kier alpha value is -1.93. The number of aliphatic hydroxyl groups is 1. The number of carbonyl (C=O) groups is 1. The Balaban J connectivity index is 1.47. The summed E-state index contributed by atoms with van der Waals surface area (Å²) >= 11 is 1.79. The van der Waals surface area contributed by atoms with Crippen molar-refractivity contribution in [2.75, 3.05) is 18.5 Å². The van der Waals surface area contributed by atoms with Crippen LogP contribution in [0.25, 0.3) is 0 Å². The lowest BCUT2D eigenvalue weighted by molar-refractivity contribution is -0.122. The largest absolute Gasteiger partial charge is 0.395 e. The molecule has 0 bridgehead atoms. The second kappa shape index (κ2) is 8.25. The number of amides is 1. The van der Waals surface area contributed by atoms with Gasteiger partial charge in [-0.1, -0.05) is 12.8 Å². The molecule has 0 radical (unpaired) electrons. The van der Waals surface area contributed by atoms with Gasteiger partial charge >= 0.3 is 0 Å². The fourth-order valence-corrected chi connectivity index (χ4v) is 3.92. The lowest BCUT2D eigenvalue weighted by Crippen LogP contribution is -2.30. The summed E-state index contributed by atoms with van der Waals surface area (Å²) in [6.07, 6.45) is 10.6. The number of thiazole rings is 1. The van der Waals surface area contributed by atoms with Crippen LogP contribution in [0.3, 0.4) is 0 Å². The molecule has 1 amide bonds. The molecule has 0 aromatic carbocycles. The maximum Gasteiger partial charge on any atom is 0.241 e. The van der Waals surface area contributed by atoms with Crippen LogP contribution in [0.5, 0.6) is 0 Å². The molecule has 130 valence electrons. The van der Waals surface area contributed by atoms with Crippen LogP contribution in [0.4, 0.5) is 5.69 Å². The molecule has 8 heteroatoms. The minimum Gasteiger partial charge on any atom is -0.395 e. The minimum atomic E-state index is -0.164. The third-order valence-corrected chi connectivity index (χ3v) is 5.28. The third kappa shape index (κ3) is 4.55. The monoisotopic (exact) mass is 349 g/mol. The number of aromatic nitrogens is 3. The summed E-state index contributed by atoms with van der Waals surface area (Å²) in [5, 5.41) is 20.0. The van der Waals surface area contributed by atoms with Crippen LogP contribution < -0.4 is 10.6 Å². The SMILES string of the molecule is O=C(Cn1cc(NCc2cnc(C3CCCC3)s2)cn1)NCCO. The minimum absolute atomic E-state index is 0.0602. The summed E-state index contributed by atoms with van der Waals surface area (Å²) in [5.41, 5.74) is 0.876. The van der Waals surface area contributed by atoms with Gasteiger partial charge in [0.1, 0.15) is 6.54 Å². The van der Waals surface area contributed by atoms with Gasteiger partial charge in [-0.2, -0.15) is 5.10 Å². The summed E-state index contributed by atoms with van der Waals surface area (Å²) in [5.74, 6) is 0.492. The zero-order valence-electron chi connectivity index (χ0n) is 13.6. The summed E-state index contributed by atoms with van der Waals surface area (Å²) in [7, 11) is 0. The average molecular weight is 349 g/mol. The molecule has 1 saturated carbocycles. The first-order valence-electron chi connectivity index (χ1n) is 8.33. The molecule has 1 fully saturated rings. The molecule has 0 aliphatic heterocycles. The molecule has 0 spiro atoms. The van der Waals surface area contributed by atoms with Gasteiger partial charge in [-0.25, -0.2) is 4.98 Å². The van der Waals surface area contributed by atoms with E-state index >= 15 is 0 Å². The van der Waals surface area contributed by atoms with Gasteiger partial charge < -0.3 is 15.7 Å². The van der Waals surface area contributed by atoms with Gasteiger partial charge in [0.2, 0.25) is 5.91 Å². The number of hydrogen-bond donors (Lipinski definition) is 3. The highest BCUT2D eigenvalue weighted by molar-refractivity contribution is 7.11. The summed E-state index contributed by atoms with van der Waals surface area (Å²) in [4.78, 5) is 17.4. The number of carbonyl (C=O) groups excluding carboxylic acids is 1. The van der Waals surface area contributed by atoms with Crippen molar-refractivity contribution >= 4 is 22.9 Å². The van der Waals surface area contributed by atoms with Gasteiger partial charge in [-0.15, -0.1) is 11.3 Å². The van der Waals surface area contributed by atoms with Gasteiger partial charge in [0, 0.05) is 29.7 Å². The van der Waals surface area contributed by atoms with Gasteiger partial charge in [-0.3, -0.25) is 9.48 Å². The van der Waals surface area contributed by atoms with E-state index in [4.69, 9.17) is 5.11 Å². The van der Waals surface area contributed by atoms with E-state index in [-0.39, 0.29) is 25.6 Å². The van der Waals surface area contributed by atoms with E-state index in [0.29, 0.717) is 12.5 Å². The first-order valence-corrected chi connectivity index (χ1v) is 9.14. The van der Waals surface area contributed by atoms with Crippen LogP contribution in [0, 0.1) is 0 Å². The molecule has 0 atom stereocenters. The van der Waals surface area contributed by atoms with Crippen molar-refractivity contribution in [1.82, 2.24) is 20.1 Å². The zero-order valence-corrected chi connectivity index (χ0v) is 14.4. The van der Waals surface area contributed by atoms with Crippen molar-refractivity contribution in [1.29, 1.82) is 0 Å². The number of anilines is 1. The molecule has 1 aliphatic rings. The Bertz CT molecular complexity index is 663. The zero-order chi connectivity index (χ0) is 16.8. The summed E-state index contributed by atoms with van der Waals surface area (Å²) in [6, 6.07) is 0. The number of nitrogens with one attached hydrogen (secondary N) is 2. The molecule has 2 heterocycles. The highest BCUT2D eigenvalue weighted by Gasteiger charge is 2.20. The van der Waals surface area contributed by atoms with Crippen molar-refractivity contribution in [2.24, 2.45) is 0 Å². The van der Waals surface area contributed by atoms with Crippen molar-refractivity contribution in [2.45, 2.75) is 44.7 Å². The lowest BCUT2D eigenvalue weighted by atomic mass is 10.1. The van der Waals surface area contributed by atoms with Crippen LogP contribution >= 0.6 is 11.3 Å². The molecular weight excluding hydrogens is 326 g/mol. The van der Waals surface area contributed by atoms with Crippen molar-refractivity contribution < 1.29 is 9.90 Å². The Kier molecular flexibility index (Phi) is 5.81. The third-order valence-electron chi connectivity index (χ3n) is 4.12. The van der Waals surface area contributed by atoms with Crippen LogP contribution in [0.2, 0.25) is 0 Å². The number of nitrogens with zero attached hydrogens (tertiary/aromatic N) is 3. The van der Waals surface area contributed by atoms with E-state index in [9.17, 15) is 4.79 Å². The maximum atomic E-state index is 11.6. The van der Waals surface area contributed by atoms with Crippen LogP contribution in [-0.2, 0) is 17.9 Å². The summed E-state index contributed by atoms with van der Waals surface area (Å²) in [6.45, 7) is 1.07. The highest BCUT2D eigenvalue weighted by Crippen LogP contribution is 2.36. The Labute approximate surface area is 145 Å². The van der Waals surface area contributed by atoms with E-state index in [1.54, 1.807) is 28.4 Å². The van der Waals surface area contributed by atoms with Crippen molar-refractivity contribution in [3.8, 4) is 0 Å². The Morgan fingerprint density at radius 2 is 2.21 bits per heavy atom. The molecule has 24 heavy (non-hydrogen) atoms. The quantitative estimate of drug-likeness (QED) is 0.675. The van der Waals surface area contributed by atoms with E-state index in [1.807, 2.05) is 6.20 Å². The predicted molar refractivity (Wildman–Crippen MR) is 93.0 cm³/mol. The number of hydrogen-bond acceptors (Lipinski definition) is 6. The smallest absolute Gasteiger partial charge is 0.241 e. The highest BCUT2D eigenvalue weighted by atomic mass is 32.1. The van der Waals surface area contributed by atoms with Gasteiger partial charge in [0.15, 0.2) is 0 Å². The van der Waals surface area contributed by atoms with E-state index in [1.165, 1.54) is 35.6 Å². The van der Waals surface area contributed by atoms with Crippen LogP contribution in [0.15, 0.2) is 18.6 Å². The van der Waals surface area contributed by atoms with Crippen LogP contribution in [0.1, 0.15) is 41.5 Å². The molecule has 3 rings (SSSR count). The summed E-state index contributed by atoms with van der Waals surface area (Å²) < 4.78 is 1.58. The molecule has 3 N–H and O–H groups in total. The molecule has 2 aromatic rings. The van der Waals surface area contributed by atoms with E-state index in [0.717, 1.165) is 5.69 Å². The van der Waals surface area contributed by atoms with Crippen molar-refractivity contribution in [3.05, 3.63) is 28.5 Å². The normalized spacial score (nSPS) is 14.9. The lowest BCUT2D eigenvalue weighted by Gasteiger charge is -2.03.